The number of nitrogens with one attached hydrogen (secondary N) is 1. The quantitative estimate of drug-likeness (QED) is 0.739. The number of amides is 1. The monoisotopic (exact) mass is 400 g/mol. The fourth-order valence-electron chi connectivity index (χ4n) is 4.17. The Bertz CT molecular complexity index is 722. The molecule has 0 aliphatic carbocycles. The number of nitriles is 1. The van der Waals surface area contributed by atoms with Gasteiger partial charge in [-0.25, -0.2) is 4.79 Å². The number of carbonyl (C=O) groups excluding carboxylic acids is 1. The summed E-state index contributed by atoms with van der Waals surface area (Å²) < 4.78 is 5.51. The molecule has 2 unspecified atom stereocenters. The van der Waals surface area contributed by atoms with E-state index in [9.17, 15) is 9.90 Å². The van der Waals surface area contributed by atoms with Gasteiger partial charge in [-0.1, -0.05) is 0 Å². The highest BCUT2D eigenvalue weighted by molar-refractivity contribution is 5.68. The SMILES string of the molecule is CC(C)(C)OC(=O)N1CC2CN(CCCNc3ccc(C#N)cc3)CC(C1)C2O. The van der Waals surface area contributed by atoms with Crippen LogP contribution in [0.4, 0.5) is 10.5 Å². The second-order valence-electron chi connectivity index (χ2n) is 9.13. The molecule has 0 aromatic heterocycles. The summed E-state index contributed by atoms with van der Waals surface area (Å²) in [5, 5.41) is 22.8. The molecule has 2 aliphatic rings. The highest BCUT2D eigenvalue weighted by atomic mass is 16.6. The summed E-state index contributed by atoms with van der Waals surface area (Å²) in [4.78, 5) is 16.6. The molecule has 2 fully saturated rings. The summed E-state index contributed by atoms with van der Waals surface area (Å²) in [5.74, 6) is 0.142. The molecule has 2 saturated heterocycles. The van der Waals surface area contributed by atoms with Crippen LogP contribution >= 0.6 is 0 Å². The van der Waals surface area contributed by atoms with Crippen LogP contribution in [0.15, 0.2) is 24.3 Å². The molecule has 29 heavy (non-hydrogen) atoms. The summed E-state index contributed by atoms with van der Waals surface area (Å²) in [6, 6.07) is 9.59. The maximum absolute atomic E-state index is 12.4. The molecule has 7 heteroatoms. The zero-order chi connectivity index (χ0) is 21.0. The molecule has 1 amide bonds. The molecule has 0 radical (unpaired) electrons. The number of carbonyl (C=O) groups is 1. The van der Waals surface area contributed by atoms with Crippen molar-refractivity contribution in [3.8, 4) is 6.07 Å². The third kappa shape index (κ3) is 5.84. The van der Waals surface area contributed by atoms with Gasteiger partial charge in [0.1, 0.15) is 5.60 Å². The van der Waals surface area contributed by atoms with Gasteiger partial charge in [0.05, 0.1) is 17.7 Å². The van der Waals surface area contributed by atoms with Crippen molar-refractivity contribution < 1.29 is 14.6 Å². The van der Waals surface area contributed by atoms with Crippen LogP contribution < -0.4 is 5.32 Å². The van der Waals surface area contributed by atoms with E-state index >= 15 is 0 Å². The molecular formula is C22H32N4O3. The smallest absolute Gasteiger partial charge is 0.410 e. The van der Waals surface area contributed by atoms with Crippen molar-refractivity contribution in [3.63, 3.8) is 0 Å². The van der Waals surface area contributed by atoms with Gasteiger partial charge in [-0.2, -0.15) is 5.26 Å². The summed E-state index contributed by atoms with van der Waals surface area (Å²) in [6.07, 6.45) is 0.367. The van der Waals surface area contributed by atoms with E-state index in [-0.39, 0.29) is 24.0 Å². The summed E-state index contributed by atoms with van der Waals surface area (Å²) in [5.41, 5.74) is 1.17. The van der Waals surface area contributed by atoms with Gasteiger partial charge in [0.15, 0.2) is 0 Å². The molecule has 2 N–H and O–H groups in total. The largest absolute Gasteiger partial charge is 0.444 e. The van der Waals surface area contributed by atoms with Crippen LogP contribution in [0.1, 0.15) is 32.8 Å². The fraction of sp³-hybridized carbons (Fsp3) is 0.636. The Morgan fingerprint density at radius 1 is 1.21 bits per heavy atom. The Balaban J connectivity index is 1.44. The minimum atomic E-state index is -0.504. The molecule has 2 aliphatic heterocycles. The van der Waals surface area contributed by atoms with Crippen LogP contribution in [0.25, 0.3) is 0 Å². The fourth-order valence-corrected chi connectivity index (χ4v) is 4.17. The highest BCUT2D eigenvalue weighted by Gasteiger charge is 2.43. The van der Waals surface area contributed by atoms with Crippen molar-refractivity contribution in [1.29, 1.82) is 5.26 Å². The Kier molecular flexibility index (Phi) is 6.66. The summed E-state index contributed by atoms with van der Waals surface area (Å²) in [7, 11) is 0. The van der Waals surface area contributed by atoms with Crippen LogP contribution in [0, 0.1) is 23.2 Å². The van der Waals surface area contributed by atoms with Crippen molar-refractivity contribution >= 4 is 11.8 Å². The van der Waals surface area contributed by atoms with Crippen molar-refractivity contribution in [2.75, 3.05) is 44.6 Å². The number of hydrogen-bond acceptors (Lipinski definition) is 6. The van der Waals surface area contributed by atoms with Crippen molar-refractivity contribution in [1.82, 2.24) is 9.80 Å². The number of benzene rings is 1. The van der Waals surface area contributed by atoms with E-state index in [2.05, 4.69) is 16.3 Å². The minimum absolute atomic E-state index is 0.0708. The number of aliphatic hydroxyl groups excluding tert-OH is 1. The van der Waals surface area contributed by atoms with E-state index in [0.717, 1.165) is 38.3 Å². The molecule has 2 heterocycles. The average Bonchev–Trinajstić information content (AvgIpc) is 2.64. The van der Waals surface area contributed by atoms with E-state index in [4.69, 9.17) is 10.00 Å². The van der Waals surface area contributed by atoms with Crippen LogP contribution in [-0.4, -0.2) is 72.0 Å². The molecular weight excluding hydrogens is 368 g/mol. The molecule has 0 saturated carbocycles. The first-order chi connectivity index (χ1) is 13.7. The van der Waals surface area contributed by atoms with Gasteiger partial charge in [-0.15, -0.1) is 0 Å². The number of hydrogen-bond donors (Lipinski definition) is 2. The van der Waals surface area contributed by atoms with Gasteiger partial charge in [-0.3, -0.25) is 0 Å². The molecule has 7 nitrogen and oxygen atoms in total. The van der Waals surface area contributed by atoms with Gasteiger partial charge < -0.3 is 25.0 Å². The molecule has 3 rings (SSSR count). The number of nitrogens with zero attached hydrogens (tertiary/aromatic N) is 3. The number of fused-ring (bicyclic) bond motifs is 2. The van der Waals surface area contributed by atoms with E-state index in [0.29, 0.717) is 18.7 Å². The zero-order valence-electron chi connectivity index (χ0n) is 17.6. The van der Waals surface area contributed by atoms with Gasteiger partial charge in [0.2, 0.25) is 0 Å². The van der Waals surface area contributed by atoms with Crippen molar-refractivity contribution in [2.45, 2.75) is 38.9 Å². The first-order valence-electron chi connectivity index (χ1n) is 10.4. The Morgan fingerprint density at radius 3 is 2.38 bits per heavy atom. The topological polar surface area (TPSA) is 88.8 Å². The lowest BCUT2D eigenvalue weighted by atomic mass is 9.81. The number of aliphatic hydroxyl groups is 1. The maximum atomic E-state index is 12.4. The Hall–Kier alpha value is -2.30. The Morgan fingerprint density at radius 2 is 1.83 bits per heavy atom. The lowest BCUT2D eigenvalue weighted by Gasteiger charge is -2.48. The third-order valence-corrected chi connectivity index (χ3v) is 5.51. The Labute approximate surface area is 173 Å². The van der Waals surface area contributed by atoms with Crippen LogP contribution in [-0.2, 0) is 4.74 Å². The van der Waals surface area contributed by atoms with Crippen LogP contribution in [0.2, 0.25) is 0 Å². The molecule has 158 valence electrons. The maximum Gasteiger partial charge on any atom is 0.410 e. The summed E-state index contributed by atoms with van der Waals surface area (Å²) in [6.45, 7) is 10.1. The van der Waals surface area contributed by atoms with Crippen LogP contribution in [0.3, 0.4) is 0 Å². The van der Waals surface area contributed by atoms with E-state index in [1.54, 1.807) is 4.90 Å². The molecule has 1 aromatic carbocycles. The normalized spacial score (nSPS) is 24.7. The molecule has 2 atom stereocenters. The lowest BCUT2D eigenvalue weighted by Crippen LogP contribution is -2.61. The minimum Gasteiger partial charge on any atom is -0.444 e. The first-order valence-corrected chi connectivity index (χ1v) is 10.4. The molecule has 2 bridgehead atoms. The number of rotatable bonds is 5. The predicted molar refractivity (Wildman–Crippen MR) is 111 cm³/mol. The van der Waals surface area contributed by atoms with E-state index < -0.39 is 5.60 Å². The second kappa shape index (κ2) is 9.02. The second-order valence-corrected chi connectivity index (χ2v) is 9.13. The number of anilines is 1. The van der Waals surface area contributed by atoms with E-state index in [1.165, 1.54) is 0 Å². The predicted octanol–water partition coefficient (Wildman–Crippen LogP) is 2.52. The van der Waals surface area contributed by atoms with Gasteiger partial charge in [-0.05, 0) is 58.0 Å². The number of ether oxygens (including phenoxy) is 1. The van der Waals surface area contributed by atoms with Crippen LogP contribution in [0.5, 0.6) is 0 Å². The van der Waals surface area contributed by atoms with Gasteiger partial charge in [0, 0.05) is 50.2 Å². The van der Waals surface area contributed by atoms with Gasteiger partial charge >= 0.3 is 6.09 Å². The molecule has 0 spiro atoms. The number of piperidine rings is 2. The van der Waals surface area contributed by atoms with Crippen molar-refractivity contribution in [2.24, 2.45) is 11.8 Å². The number of likely N-dealkylation sites (tertiary alicyclic amines) is 2. The molecule has 1 aromatic rings. The first kappa shape index (κ1) is 21.4. The zero-order valence-corrected chi connectivity index (χ0v) is 17.6. The lowest BCUT2D eigenvalue weighted by molar-refractivity contribution is -0.0798. The van der Waals surface area contributed by atoms with Gasteiger partial charge in [0.25, 0.3) is 0 Å². The highest BCUT2D eigenvalue weighted by Crippen LogP contribution is 2.30. The third-order valence-electron chi connectivity index (χ3n) is 5.51. The van der Waals surface area contributed by atoms with E-state index in [1.807, 2.05) is 45.0 Å². The summed E-state index contributed by atoms with van der Waals surface area (Å²) >= 11 is 0. The standard InChI is InChI=1S/C22H32N4O3/c1-22(2,3)29-21(28)26-14-17-12-25(13-18(15-26)20(17)27)10-4-9-24-19-7-5-16(11-23)6-8-19/h5-8,17-18,20,24,27H,4,9-10,12-15H2,1-3H3. The van der Waals surface area contributed by atoms with Crippen molar-refractivity contribution in [3.05, 3.63) is 29.8 Å². The average molecular weight is 401 g/mol.